The average Bonchev–Trinajstić information content (AvgIpc) is 3.04. The topological polar surface area (TPSA) is 93.6 Å². The van der Waals surface area contributed by atoms with Gasteiger partial charge in [0.2, 0.25) is 0 Å². The number of aliphatic hydroxyl groups is 1. The molecule has 5 rings (SSSR count). The van der Waals surface area contributed by atoms with E-state index >= 15 is 0 Å². The third-order valence-corrected chi connectivity index (χ3v) is 6.72. The number of benzene rings is 1. The second-order valence-electron chi connectivity index (χ2n) is 7.23. The third-order valence-electron chi connectivity index (χ3n) is 5.75. The minimum absolute atomic E-state index is 0.0209. The number of amidine groups is 1. The van der Waals surface area contributed by atoms with E-state index in [0.717, 1.165) is 41.0 Å². The summed E-state index contributed by atoms with van der Waals surface area (Å²) in [5.74, 6) is 1.90. The SMILES string of the molecule is NC1=NC2(CS1)c1cc(-c3cncnc3)ccc1OC1CC(O)CC[C@@H]12. The molecule has 3 heterocycles. The number of aromatic nitrogens is 2. The molecule has 1 aromatic heterocycles. The third kappa shape index (κ3) is 2.41. The van der Waals surface area contributed by atoms with Gasteiger partial charge in [-0.3, -0.25) is 0 Å². The van der Waals surface area contributed by atoms with Gasteiger partial charge in [0, 0.05) is 41.6 Å². The molecule has 4 atom stereocenters. The molecular weight excluding hydrogens is 348 g/mol. The molecule has 6 nitrogen and oxygen atoms in total. The van der Waals surface area contributed by atoms with E-state index in [-0.39, 0.29) is 23.7 Å². The summed E-state index contributed by atoms with van der Waals surface area (Å²) in [5.41, 5.74) is 8.83. The van der Waals surface area contributed by atoms with Crippen LogP contribution >= 0.6 is 11.8 Å². The van der Waals surface area contributed by atoms with Crippen LogP contribution in [0.25, 0.3) is 11.1 Å². The molecule has 1 fully saturated rings. The lowest BCUT2D eigenvalue weighted by molar-refractivity contribution is -0.0246. The summed E-state index contributed by atoms with van der Waals surface area (Å²) in [6.07, 6.45) is 7.16. The van der Waals surface area contributed by atoms with Crippen molar-refractivity contribution in [1.82, 2.24) is 9.97 Å². The first kappa shape index (κ1) is 16.1. The zero-order chi connectivity index (χ0) is 17.7. The first-order chi connectivity index (χ1) is 12.7. The van der Waals surface area contributed by atoms with Crippen LogP contribution in [0.3, 0.4) is 0 Å². The predicted octanol–water partition coefficient (Wildman–Crippen LogP) is 2.32. The lowest BCUT2D eigenvalue weighted by atomic mass is 9.68. The van der Waals surface area contributed by atoms with Gasteiger partial charge in [-0.05, 0) is 30.5 Å². The molecule has 0 bridgehead atoms. The van der Waals surface area contributed by atoms with Gasteiger partial charge in [-0.25, -0.2) is 15.0 Å². The van der Waals surface area contributed by atoms with Gasteiger partial charge in [0.25, 0.3) is 0 Å². The van der Waals surface area contributed by atoms with E-state index < -0.39 is 0 Å². The highest BCUT2D eigenvalue weighted by Gasteiger charge is 2.54. The Hall–Kier alpha value is -2.12. The number of aliphatic imine (C=N–C) groups is 1. The molecule has 3 N–H and O–H groups in total. The van der Waals surface area contributed by atoms with Crippen molar-refractivity contribution in [2.24, 2.45) is 16.6 Å². The van der Waals surface area contributed by atoms with Gasteiger partial charge < -0.3 is 15.6 Å². The van der Waals surface area contributed by atoms with Crippen molar-refractivity contribution in [2.45, 2.75) is 37.0 Å². The fourth-order valence-electron chi connectivity index (χ4n) is 4.52. The number of nitrogens with zero attached hydrogens (tertiary/aromatic N) is 3. The number of rotatable bonds is 1. The summed E-state index contributed by atoms with van der Waals surface area (Å²) in [6.45, 7) is 0. The van der Waals surface area contributed by atoms with E-state index in [4.69, 9.17) is 15.5 Å². The smallest absolute Gasteiger partial charge is 0.154 e. The Morgan fingerprint density at radius 3 is 2.81 bits per heavy atom. The summed E-state index contributed by atoms with van der Waals surface area (Å²) in [5, 5.41) is 10.7. The van der Waals surface area contributed by atoms with Crippen LogP contribution in [0.2, 0.25) is 0 Å². The summed E-state index contributed by atoms with van der Waals surface area (Å²) in [6, 6.07) is 6.18. The minimum atomic E-state index is -0.376. The van der Waals surface area contributed by atoms with E-state index in [2.05, 4.69) is 16.0 Å². The predicted molar refractivity (Wildman–Crippen MR) is 101 cm³/mol. The standard InChI is InChI=1S/C19H20N4O2S/c20-18-23-19(9-26-18)14-3-2-13(24)6-17(14)25-16-4-1-11(5-15(16)19)12-7-21-10-22-8-12/h1,4-5,7-8,10,13-14,17,24H,2-3,6,9H2,(H2,20,23)/t13?,14-,17?,19?/m0/s1. The molecule has 0 amide bonds. The number of nitrogens with two attached hydrogens (primary N) is 1. The van der Waals surface area contributed by atoms with E-state index in [0.29, 0.717) is 11.6 Å². The largest absolute Gasteiger partial charge is 0.490 e. The van der Waals surface area contributed by atoms with Crippen molar-refractivity contribution in [3.05, 3.63) is 42.5 Å². The Kier molecular flexibility index (Phi) is 3.68. The number of thioether (sulfide) groups is 1. The van der Waals surface area contributed by atoms with Gasteiger partial charge in [0.15, 0.2) is 5.17 Å². The molecule has 0 radical (unpaired) electrons. The van der Waals surface area contributed by atoms with Crippen LogP contribution in [0.4, 0.5) is 0 Å². The van der Waals surface area contributed by atoms with Crippen molar-refractivity contribution >= 4 is 16.9 Å². The van der Waals surface area contributed by atoms with Crippen LogP contribution in [-0.4, -0.2) is 38.2 Å². The summed E-state index contributed by atoms with van der Waals surface area (Å²) in [4.78, 5) is 13.2. The molecule has 2 aliphatic heterocycles. The molecule has 1 spiro atoms. The Bertz CT molecular complexity index is 875. The first-order valence-electron chi connectivity index (χ1n) is 8.88. The van der Waals surface area contributed by atoms with Gasteiger partial charge in [0.05, 0.1) is 6.10 Å². The van der Waals surface area contributed by atoms with Crippen LogP contribution in [-0.2, 0) is 5.54 Å². The summed E-state index contributed by atoms with van der Waals surface area (Å²) in [7, 11) is 0. The first-order valence-corrected chi connectivity index (χ1v) is 9.87. The van der Waals surface area contributed by atoms with Crippen LogP contribution in [0.5, 0.6) is 5.75 Å². The Morgan fingerprint density at radius 1 is 1.19 bits per heavy atom. The molecule has 134 valence electrons. The molecular formula is C19H20N4O2S. The van der Waals surface area contributed by atoms with Crippen molar-refractivity contribution in [1.29, 1.82) is 0 Å². The van der Waals surface area contributed by atoms with Crippen LogP contribution in [0, 0.1) is 5.92 Å². The number of hydrogen-bond donors (Lipinski definition) is 2. The molecule has 3 aliphatic rings. The fraction of sp³-hybridized carbons (Fsp3) is 0.421. The van der Waals surface area contributed by atoms with Crippen molar-refractivity contribution in [2.75, 3.05) is 5.75 Å². The highest BCUT2D eigenvalue weighted by Crippen LogP contribution is 2.54. The fourth-order valence-corrected chi connectivity index (χ4v) is 5.55. The van der Waals surface area contributed by atoms with E-state index in [1.165, 1.54) is 6.33 Å². The van der Waals surface area contributed by atoms with Gasteiger partial charge in [0.1, 0.15) is 23.7 Å². The normalized spacial score (nSPS) is 32.5. The second-order valence-corrected chi connectivity index (χ2v) is 8.23. The lowest BCUT2D eigenvalue weighted by Gasteiger charge is -2.48. The van der Waals surface area contributed by atoms with Crippen LogP contribution in [0.1, 0.15) is 24.8 Å². The molecule has 26 heavy (non-hydrogen) atoms. The highest BCUT2D eigenvalue weighted by molar-refractivity contribution is 8.14. The molecule has 7 heteroatoms. The van der Waals surface area contributed by atoms with E-state index in [1.54, 1.807) is 11.8 Å². The zero-order valence-electron chi connectivity index (χ0n) is 14.2. The monoisotopic (exact) mass is 368 g/mol. The number of ether oxygens (including phenoxy) is 1. The van der Waals surface area contributed by atoms with Crippen molar-refractivity contribution in [3.63, 3.8) is 0 Å². The molecule has 1 aliphatic carbocycles. The number of hydrogen-bond acceptors (Lipinski definition) is 7. The Balaban J connectivity index is 1.66. The quantitative estimate of drug-likeness (QED) is 0.802. The van der Waals surface area contributed by atoms with Gasteiger partial charge >= 0.3 is 0 Å². The minimum Gasteiger partial charge on any atom is -0.490 e. The maximum Gasteiger partial charge on any atom is 0.154 e. The molecule has 3 unspecified atom stereocenters. The summed E-state index contributed by atoms with van der Waals surface area (Å²) < 4.78 is 6.31. The Labute approximate surface area is 155 Å². The Morgan fingerprint density at radius 2 is 2.04 bits per heavy atom. The second kappa shape index (κ2) is 5.96. The van der Waals surface area contributed by atoms with Crippen molar-refractivity contribution < 1.29 is 9.84 Å². The summed E-state index contributed by atoms with van der Waals surface area (Å²) >= 11 is 1.61. The number of aliphatic hydroxyl groups excluding tert-OH is 1. The van der Waals surface area contributed by atoms with Gasteiger partial charge in [-0.2, -0.15) is 0 Å². The van der Waals surface area contributed by atoms with E-state index in [1.807, 2.05) is 24.5 Å². The zero-order valence-corrected chi connectivity index (χ0v) is 15.0. The van der Waals surface area contributed by atoms with Crippen LogP contribution in [0.15, 0.2) is 41.9 Å². The molecule has 0 saturated heterocycles. The average molecular weight is 368 g/mol. The lowest BCUT2D eigenvalue weighted by Crippen LogP contribution is -2.51. The van der Waals surface area contributed by atoms with Gasteiger partial charge in [-0.15, -0.1) is 0 Å². The molecule has 1 saturated carbocycles. The van der Waals surface area contributed by atoms with Gasteiger partial charge in [-0.1, -0.05) is 17.8 Å². The molecule has 2 aromatic rings. The molecule has 1 aromatic carbocycles. The maximum absolute atomic E-state index is 10.1. The van der Waals surface area contributed by atoms with Crippen LogP contribution < -0.4 is 10.5 Å². The maximum atomic E-state index is 10.1. The van der Waals surface area contributed by atoms with Crippen molar-refractivity contribution in [3.8, 4) is 16.9 Å². The number of fused-ring (bicyclic) bond motifs is 4. The van der Waals surface area contributed by atoms with E-state index in [9.17, 15) is 5.11 Å². The highest BCUT2D eigenvalue weighted by atomic mass is 32.2.